The van der Waals surface area contributed by atoms with Gasteiger partial charge < -0.3 is 14.2 Å². The molecule has 0 spiro atoms. The maximum atomic E-state index is 12.6. The average Bonchev–Trinajstić information content (AvgIpc) is 3.45. The van der Waals surface area contributed by atoms with Crippen molar-refractivity contribution in [2.45, 2.75) is 12.8 Å². The van der Waals surface area contributed by atoms with Crippen LogP contribution >= 0.6 is 11.3 Å². The number of furan rings is 1. The summed E-state index contributed by atoms with van der Waals surface area (Å²) in [5.41, 5.74) is 2.01. The lowest BCUT2D eigenvalue weighted by Gasteiger charge is -2.36. The van der Waals surface area contributed by atoms with Crippen LogP contribution in [0.1, 0.15) is 22.7 Å². The molecule has 1 saturated heterocycles. The quantitative estimate of drug-likeness (QED) is 0.675. The van der Waals surface area contributed by atoms with E-state index >= 15 is 0 Å². The molecule has 1 aliphatic heterocycles. The van der Waals surface area contributed by atoms with Crippen LogP contribution in [0.15, 0.2) is 58.5 Å². The number of carbonyl (C=O) groups excluding carboxylic acids is 2. The minimum absolute atomic E-state index is 0.145. The summed E-state index contributed by atoms with van der Waals surface area (Å²) in [6.45, 7) is 3.15. The Balaban J connectivity index is 1.23. The van der Waals surface area contributed by atoms with Gasteiger partial charge in [-0.2, -0.15) is 0 Å². The molecule has 0 aliphatic carbocycles. The summed E-state index contributed by atoms with van der Waals surface area (Å²) in [5.74, 6) is 0.0571. The van der Waals surface area contributed by atoms with E-state index in [9.17, 15) is 9.59 Å². The molecule has 4 rings (SSSR count). The maximum absolute atomic E-state index is 12.6. The second kappa shape index (κ2) is 8.91. The van der Waals surface area contributed by atoms with Crippen LogP contribution in [0.3, 0.4) is 0 Å². The lowest BCUT2D eigenvalue weighted by atomic mass is 10.2. The summed E-state index contributed by atoms with van der Waals surface area (Å²) in [6, 6.07) is 13.5. The van der Waals surface area contributed by atoms with Crippen LogP contribution in [0.2, 0.25) is 0 Å². The van der Waals surface area contributed by atoms with Gasteiger partial charge in [0.15, 0.2) is 10.9 Å². The summed E-state index contributed by atoms with van der Waals surface area (Å²) in [6.07, 6.45) is 2.43. The van der Waals surface area contributed by atoms with Gasteiger partial charge in [0.25, 0.3) is 5.91 Å². The van der Waals surface area contributed by atoms with Crippen LogP contribution in [0.25, 0.3) is 0 Å². The molecule has 0 bridgehead atoms. The molecule has 1 aromatic carbocycles. The third-order valence-electron chi connectivity index (χ3n) is 4.87. The van der Waals surface area contributed by atoms with Crippen LogP contribution in [0, 0.1) is 0 Å². The van der Waals surface area contributed by atoms with Gasteiger partial charge in [0, 0.05) is 43.7 Å². The molecule has 150 valence electrons. The first-order valence-corrected chi connectivity index (χ1v) is 10.4. The van der Waals surface area contributed by atoms with Gasteiger partial charge in [-0.25, -0.2) is 4.98 Å². The highest BCUT2D eigenvalue weighted by Gasteiger charge is 2.21. The van der Waals surface area contributed by atoms with Crippen molar-refractivity contribution >= 4 is 34.0 Å². The molecule has 29 heavy (non-hydrogen) atoms. The maximum Gasteiger partial charge on any atom is 0.293 e. The van der Waals surface area contributed by atoms with Gasteiger partial charge in [-0.15, -0.1) is 11.3 Å². The zero-order valence-corrected chi connectivity index (χ0v) is 16.7. The van der Waals surface area contributed by atoms with Crippen molar-refractivity contribution in [1.82, 2.24) is 9.88 Å². The van der Waals surface area contributed by atoms with Gasteiger partial charge in [-0.1, -0.05) is 18.2 Å². The summed E-state index contributed by atoms with van der Waals surface area (Å²) >= 11 is 1.34. The zero-order chi connectivity index (χ0) is 20.1. The van der Waals surface area contributed by atoms with Gasteiger partial charge in [-0.05, 0) is 30.7 Å². The van der Waals surface area contributed by atoms with E-state index in [1.165, 1.54) is 23.3 Å². The van der Waals surface area contributed by atoms with Crippen LogP contribution in [0.4, 0.5) is 10.8 Å². The molecule has 0 saturated carbocycles. The first-order chi connectivity index (χ1) is 14.2. The lowest BCUT2D eigenvalue weighted by Crippen LogP contribution is -2.48. The first-order valence-electron chi connectivity index (χ1n) is 9.56. The summed E-state index contributed by atoms with van der Waals surface area (Å²) in [7, 11) is 0. The third-order valence-corrected chi connectivity index (χ3v) is 5.67. The average molecular weight is 410 g/mol. The van der Waals surface area contributed by atoms with E-state index in [0.717, 1.165) is 31.9 Å². The van der Waals surface area contributed by atoms with E-state index in [4.69, 9.17) is 4.42 Å². The fraction of sp³-hybridized carbons (Fsp3) is 0.286. The molecular weight excluding hydrogens is 388 g/mol. The molecule has 1 aliphatic rings. The highest BCUT2D eigenvalue weighted by Crippen LogP contribution is 2.19. The van der Waals surface area contributed by atoms with E-state index in [0.29, 0.717) is 18.0 Å². The number of aryl methyl sites for hydroxylation is 1. The van der Waals surface area contributed by atoms with Crippen molar-refractivity contribution in [3.63, 3.8) is 0 Å². The highest BCUT2D eigenvalue weighted by molar-refractivity contribution is 7.13. The molecule has 0 unspecified atom stereocenters. The predicted molar refractivity (Wildman–Crippen MR) is 112 cm³/mol. The van der Waals surface area contributed by atoms with Gasteiger partial charge in [0.2, 0.25) is 5.91 Å². The largest absolute Gasteiger partial charge is 0.459 e. The molecule has 1 fully saturated rings. The normalized spacial score (nSPS) is 14.1. The van der Waals surface area contributed by atoms with E-state index < -0.39 is 0 Å². The van der Waals surface area contributed by atoms with Crippen molar-refractivity contribution in [3.8, 4) is 0 Å². The summed E-state index contributed by atoms with van der Waals surface area (Å²) in [4.78, 5) is 33.2. The smallest absolute Gasteiger partial charge is 0.293 e. The number of piperazine rings is 1. The SMILES string of the molecule is O=C(Nc1nc(CCC(=O)N2CCN(c3ccccc3)CC2)cs1)c1ccco1. The zero-order valence-electron chi connectivity index (χ0n) is 15.9. The molecule has 3 aromatic rings. The van der Waals surface area contributed by atoms with E-state index in [2.05, 4.69) is 27.3 Å². The monoisotopic (exact) mass is 410 g/mol. The molecule has 2 aromatic heterocycles. The minimum Gasteiger partial charge on any atom is -0.459 e. The molecule has 3 heterocycles. The number of nitrogens with one attached hydrogen (secondary N) is 1. The Hall–Kier alpha value is -3.13. The lowest BCUT2D eigenvalue weighted by molar-refractivity contribution is -0.131. The van der Waals surface area contributed by atoms with E-state index in [1.54, 1.807) is 12.1 Å². The number of benzene rings is 1. The number of aromatic nitrogens is 1. The van der Waals surface area contributed by atoms with Crippen molar-refractivity contribution in [3.05, 3.63) is 65.6 Å². The first kappa shape index (κ1) is 19.2. The topological polar surface area (TPSA) is 78.7 Å². The van der Waals surface area contributed by atoms with E-state index in [1.807, 2.05) is 28.5 Å². The number of thiazole rings is 1. The van der Waals surface area contributed by atoms with Crippen molar-refractivity contribution < 1.29 is 14.0 Å². The Morgan fingerprint density at radius 2 is 1.86 bits per heavy atom. The van der Waals surface area contributed by atoms with Crippen LogP contribution in [-0.2, 0) is 11.2 Å². The molecule has 2 amide bonds. The number of para-hydroxylation sites is 1. The van der Waals surface area contributed by atoms with Crippen molar-refractivity contribution in [1.29, 1.82) is 0 Å². The Morgan fingerprint density at radius 3 is 2.59 bits per heavy atom. The molecule has 7 nitrogen and oxygen atoms in total. The number of hydrogen-bond donors (Lipinski definition) is 1. The van der Waals surface area contributed by atoms with Gasteiger partial charge in [0.05, 0.1) is 12.0 Å². The van der Waals surface area contributed by atoms with Crippen molar-refractivity contribution in [2.24, 2.45) is 0 Å². The molecule has 0 radical (unpaired) electrons. The minimum atomic E-state index is -0.330. The summed E-state index contributed by atoms with van der Waals surface area (Å²) in [5, 5.41) is 5.09. The summed E-state index contributed by atoms with van der Waals surface area (Å²) < 4.78 is 5.07. The Kier molecular flexibility index (Phi) is 5.90. The highest BCUT2D eigenvalue weighted by atomic mass is 32.1. The number of rotatable bonds is 6. The number of anilines is 2. The fourth-order valence-corrected chi connectivity index (χ4v) is 4.03. The Labute approximate surface area is 173 Å². The van der Waals surface area contributed by atoms with Crippen LogP contribution in [-0.4, -0.2) is 47.9 Å². The van der Waals surface area contributed by atoms with Gasteiger partial charge in [0.1, 0.15) is 0 Å². The Morgan fingerprint density at radius 1 is 1.07 bits per heavy atom. The molecule has 1 N–H and O–H groups in total. The molecular formula is C21H22N4O3S. The number of hydrogen-bond acceptors (Lipinski definition) is 6. The number of nitrogens with zero attached hydrogens (tertiary/aromatic N) is 3. The van der Waals surface area contributed by atoms with Crippen LogP contribution < -0.4 is 10.2 Å². The fourth-order valence-electron chi connectivity index (χ4n) is 3.29. The standard InChI is InChI=1S/C21H22N4O3S/c26-19(25-12-10-24(11-13-25)17-5-2-1-3-6-17)9-8-16-15-29-21(22-16)23-20(27)18-7-4-14-28-18/h1-7,14-15H,8-13H2,(H,22,23,27). The van der Waals surface area contributed by atoms with E-state index in [-0.39, 0.29) is 17.6 Å². The number of amides is 2. The van der Waals surface area contributed by atoms with Gasteiger partial charge in [-0.3, -0.25) is 14.9 Å². The number of carbonyl (C=O) groups is 2. The third kappa shape index (κ3) is 4.83. The predicted octanol–water partition coefficient (Wildman–Crippen LogP) is 3.27. The van der Waals surface area contributed by atoms with Crippen molar-refractivity contribution in [2.75, 3.05) is 36.4 Å². The van der Waals surface area contributed by atoms with Gasteiger partial charge >= 0.3 is 0 Å². The van der Waals surface area contributed by atoms with Crippen LogP contribution in [0.5, 0.6) is 0 Å². The molecule has 0 atom stereocenters. The second-order valence-electron chi connectivity index (χ2n) is 6.78. The molecule has 8 heteroatoms. The Bertz CT molecular complexity index is 947. The second-order valence-corrected chi connectivity index (χ2v) is 7.64.